The van der Waals surface area contributed by atoms with Crippen LogP contribution in [0.3, 0.4) is 0 Å². The number of aromatic nitrogens is 7. The standard InChI is InChI=1S/C21H12FN7S/c22-17-13(12-7-23-10-24-8-12)1-2-15-16(17)19(29-28-15)21-26-18-14(11-4-6-30-9-11)3-5-25-20(18)27-21/h1-10H,(H,28,29)(H,25,26,27). The Morgan fingerprint density at radius 2 is 1.87 bits per heavy atom. The fourth-order valence-corrected chi connectivity index (χ4v) is 4.24. The number of thiophene rings is 1. The maximum absolute atomic E-state index is 15.5. The van der Waals surface area contributed by atoms with E-state index in [1.807, 2.05) is 17.5 Å². The van der Waals surface area contributed by atoms with E-state index in [1.165, 1.54) is 6.33 Å². The molecular weight excluding hydrogens is 401 g/mol. The van der Waals surface area contributed by atoms with Gasteiger partial charge in [-0.15, -0.1) is 0 Å². The summed E-state index contributed by atoms with van der Waals surface area (Å²) in [5.74, 6) is 0.0457. The van der Waals surface area contributed by atoms with Crippen molar-refractivity contribution in [2.45, 2.75) is 0 Å². The third-order valence-electron chi connectivity index (χ3n) is 4.99. The number of aromatic amines is 2. The number of hydrogen-bond acceptors (Lipinski definition) is 6. The van der Waals surface area contributed by atoms with Gasteiger partial charge in [-0.05, 0) is 40.6 Å². The van der Waals surface area contributed by atoms with Crippen LogP contribution in [0.4, 0.5) is 4.39 Å². The van der Waals surface area contributed by atoms with E-state index in [0.717, 1.165) is 16.6 Å². The van der Waals surface area contributed by atoms with Crippen LogP contribution in [0.15, 0.2) is 59.9 Å². The van der Waals surface area contributed by atoms with Crippen molar-refractivity contribution in [3.8, 4) is 33.8 Å². The van der Waals surface area contributed by atoms with E-state index in [-0.39, 0.29) is 0 Å². The van der Waals surface area contributed by atoms with Crippen molar-refractivity contribution in [2.75, 3.05) is 0 Å². The van der Waals surface area contributed by atoms with Crippen LogP contribution in [0.25, 0.3) is 55.8 Å². The topological polar surface area (TPSA) is 96.0 Å². The first-order valence-corrected chi connectivity index (χ1v) is 10.0. The lowest BCUT2D eigenvalue weighted by molar-refractivity contribution is 0.643. The molecule has 0 fully saturated rings. The number of rotatable bonds is 3. The molecule has 0 spiro atoms. The Morgan fingerprint density at radius 3 is 2.70 bits per heavy atom. The normalized spacial score (nSPS) is 11.5. The molecule has 0 atom stereocenters. The summed E-state index contributed by atoms with van der Waals surface area (Å²) < 4.78 is 15.5. The molecule has 0 aliphatic rings. The molecule has 1 aromatic carbocycles. The summed E-state index contributed by atoms with van der Waals surface area (Å²) in [4.78, 5) is 20.2. The van der Waals surface area contributed by atoms with Crippen molar-refractivity contribution >= 4 is 33.4 Å². The summed E-state index contributed by atoms with van der Waals surface area (Å²) in [5, 5.41) is 11.7. The van der Waals surface area contributed by atoms with Crippen LogP contribution < -0.4 is 0 Å². The lowest BCUT2D eigenvalue weighted by Gasteiger charge is -2.04. The smallest absolute Gasteiger partial charge is 0.178 e. The Hall–Kier alpha value is -3.98. The maximum atomic E-state index is 15.5. The highest BCUT2D eigenvalue weighted by Gasteiger charge is 2.20. The van der Waals surface area contributed by atoms with Gasteiger partial charge < -0.3 is 4.98 Å². The van der Waals surface area contributed by atoms with Gasteiger partial charge in [0.2, 0.25) is 0 Å². The van der Waals surface area contributed by atoms with Crippen LogP contribution in [0.2, 0.25) is 0 Å². The third-order valence-corrected chi connectivity index (χ3v) is 5.67. The summed E-state index contributed by atoms with van der Waals surface area (Å²) in [6.07, 6.45) is 6.29. The van der Waals surface area contributed by atoms with Gasteiger partial charge in [-0.1, -0.05) is 0 Å². The zero-order valence-electron chi connectivity index (χ0n) is 15.3. The number of nitrogens with zero attached hydrogens (tertiary/aromatic N) is 5. The van der Waals surface area contributed by atoms with Crippen LogP contribution in [-0.4, -0.2) is 35.1 Å². The molecule has 2 N–H and O–H groups in total. The molecular formula is C21H12FN7S. The highest BCUT2D eigenvalue weighted by atomic mass is 32.1. The molecule has 0 aliphatic carbocycles. The van der Waals surface area contributed by atoms with Gasteiger partial charge in [0.15, 0.2) is 11.5 Å². The van der Waals surface area contributed by atoms with Crippen molar-refractivity contribution in [1.82, 2.24) is 35.1 Å². The van der Waals surface area contributed by atoms with Crippen molar-refractivity contribution < 1.29 is 4.39 Å². The van der Waals surface area contributed by atoms with Gasteiger partial charge in [-0.3, -0.25) is 5.10 Å². The second-order valence-electron chi connectivity index (χ2n) is 6.70. The Morgan fingerprint density at radius 1 is 0.967 bits per heavy atom. The number of H-pyrrole nitrogens is 2. The number of nitrogens with one attached hydrogen (secondary N) is 2. The minimum Gasteiger partial charge on any atom is -0.335 e. The molecule has 0 aliphatic heterocycles. The average Bonchev–Trinajstić information content (AvgIpc) is 3.53. The number of fused-ring (bicyclic) bond motifs is 2. The van der Waals surface area contributed by atoms with Crippen LogP contribution >= 0.6 is 11.3 Å². The molecule has 30 heavy (non-hydrogen) atoms. The number of benzene rings is 1. The first-order valence-electron chi connectivity index (χ1n) is 9.09. The first kappa shape index (κ1) is 16.9. The van der Waals surface area contributed by atoms with Gasteiger partial charge in [-0.25, -0.2) is 24.3 Å². The lowest BCUT2D eigenvalue weighted by atomic mass is 10.0. The molecule has 6 aromatic rings. The van der Waals surface area contributed by atoms with E-state index < -0.39 is 5.82 Å². The van der Waals surface area contributed by atoms with Crippen molar-refractivity contribution in [3.63, 3.8) is 0 Å². The number of pyridine rings is 1. The molecule has 0 saturated carbocycles. The second-order valence-corrected chi connectivity index (χ2v) is 7.48. The molecule has 144 valence electrons. The molecule has 9 heteroatoms. The van der Waals surface area contributed by atoms with Gasteiger partial charge in [0.25, 0.3) is 0 Å². The van der Waals surface area contributed by atoms with Crippen molar-refractivity contribution in [3.05, 3.63) is 65.8 Å². The molecule has 0 bridgehead atoms. The highest BCUT2D eigenvalue weighted by Crippen LogP contribution is 2.35. The molecule has 0 saturated heterocycles. The van der Waals surface area contributed by atoms with Crippen LogP contribution in [0.1, 0.15) is 0 Å². The Labute approximate surface area is 172 Å². The second kappa shape index (κ2) is 6.53. The Balaban J connectivity index is 1.57. The number of halogens is 1. The Kier molecular flexibility index (Phi) is 3.68. The number of hydrogen-bond donors (Lipinski definition) is 2. The van der Waals surface area contributed by atoms with Crippen molar-refractivity contribution in [1.29, 1.82) is 0 Å². The third kappa shape index (κ3) is 2.52. The molecule has 0 radical (unpaired) electrons. The van der Waals surface area contributed by atoms with Gasteiger partial charge in [0.1, 0.15) is 17.8 Å². The molecule has 0 amide bonds. The van der Waals surface area contributed by atoms with Crippen LogP contribution in [0.5, 0.6) is 0 Å². The maximum Gasteiger partial charge on any atom is 0.178 e. The fourth-order valence-electron chi connectivity index (χ4n) is 3.59. The van der Waals surface area contributed by atoms with Gasteiger partial charge >= 0.3 is 0 Å². The minimum atomic E-state index is -0.405. The first-order chi connectivity index (χ1) is 14.8. The predicted octanol–water partition coefficient (Wildman–Crippen LogP) is 4.83. The van der Waals surface area contributed by atoms with E-state index in [1.54, 1.807) is 42.1 Å². The van der Waals surface area contributed by atoms with E-state index in [0.29, 0.717) is 39.2 Å². The van der Waals surface area contributed by atoms with E-state index in [4.69, 9.17) is 0 Å². The van der Waals surface area contributed by atoms with Gasteiger partial charge in [-0.2, -0.15) is 16.4 Å². The summed E-state index contributed by atoms with van der Waals surface area (Å²) in [7, 11) is 0. The van der Waals surface area contributed by atoms with E-state index in [9.17, 15) is 0 Å². The minimum absolute atomic E-state index is 0.354. The van der Waals surface area contributed by atoms with E-state index in [2.05, 4.69) is 40.5 Å². The molecule has 5 aromatic heterocycles. The molecule has 0 unspecified atom stereocenters. The lowest BCUT2D eigenvalue weighted by Crippen LogP contribution is -1.90. The molecule has 6 rings (SSSR count). The largest absolute Gasteiger partial charge is 0.335 e. The molecule has 5 heterocycles. The Bertz CT molecular complexity index is 1500. The molecule has 7 nitrogen and oxygen atoms in total. The zero-order valence-corrected chi connectivity index (χ0v) is 16.1. The van der Waals surface area contributed by atoms with Gasteiger partial charge in [0, 0.05) is 35.3 Å². The summed E-state index contributed by atoms with van der Waals surface area (Å²) >= 11 is 1.62. The quantitative estimate of drug-likeness (QED) is 0.433. The van der Waals surface area contributed by atoms with Gasteiger partial charge in [0.05, 0.1) is 16.4 Å². The number of imidazole rings is 1. The average molecular weight is 413 g/mol. The summed E-state index contributed by atoms with van der Waals surface area (Å²) in [6, 6.07) is 7.45. The van der Waals surface area contributed by atoms with Crippen LogP contribution in [0, 0.1) is 5.82 Å². The summed E-state index contributed by atoms with van der Waals surface area (Å²) in [5.41, 5.74) is 5.38. The highest BCUT2D eigenvalue weighted by molar-refractivity contribution is 7.08. The SMILES string of the molecule is Fc1c(-c2cncnc2)ccc2[nH]nc(-c3nc4nccc(-c5ccsc5)c4[nH]3)c12. The van der Waals surface area contributed by atoms with Crippen molar-refractivity contribution in [2.24, 2.45) is 0 Å². The fraction of sp³-hybridized carbons (Fsp3) is 0. The zero-order chi connectivity index (χ0) is 20.1. The monoisotopic (exact) mass is 413 g/mol. The van der Waals surface area contributed by atoms with Crippen LogP contribution in [-0.2, 0) is 0 Å². The van der Waals surface area contributed by atoms with E-state index >= 15 is 4.39 Å². The predicted molar refractivity (Wildman–Crippen MR) is 113 cm³/mol. The summed E-state index contributed by atoms with van der Waals surface area (Å²) in [6.45, 7) is 0.